The minimum Gasteiger partial charge on any atom is -0.508 e. The third-order valence-corrected chi connectivity index (χ3v) is 5.86. The number of hydrogen-bond donors (Lipinski definition) is 2. The average molecular weight is 348 g/mol. The van der Waals surface area contributed by atoms with Gasteiger partial charge in [0.25, 0.3) is 0 Å². The minimum atomic E-state index is 0.230. The number of nitrogens with zero attached hydrogens (tertiary/aromatic N) is 3. The van der Waals surface area contributed by atoms with E-state index >= 15 is 0 Å². The fourth-order valence-electron chi connectivity index (χ4n) is 4.46. The second-order valence-corrected chi connectivity index (χ2v) is 7.65. The van der Waals surface area contributed by atoms with Crippen molar-refractivity contribution in [2.45, 2.75) is 45.1 Å². The predicted octanol–water partition coefficient (Wildman–Crippen LogP) is 3.40. The van der Waals surface area contributed by atoms with Gasteiger partial charge in [0.1, 0.15) is 17.6 Å². The van der Waals surface area contributed by atoms with Crippen molar-refractivity contribution >= 4 is 5.82 Å². The van der Waals surface area contributed by atoms with Crippen molar-refractivity contribution in [2.24, 2.45) is 0 Å². The number of nitrogens with two attached hydrogens (primary N) is 1. The van der Waals surface area contributed by atoms with E-state index in [0.717, 1.165) is 60.3 Å². The highest BCUT2D eigenvalue weighted by molar-refractivity contribution is 5.79. The summed E-state index contributed by atoms with van der Waals surface area (Å²) >= 11 is 0. The SMILES string of the molecule is CC(C)N1CCC(c2c(C#N)c(N)nc3c2Cc2ccc(O)cc2-3)CC1. The fraction of sp³-hybridized carbons (Fsp3) is 0.429. The Morgan fingerprint density at radius 1 is 1.31 bits per heavy atom. The number of pyridine rings is 1. The maximum absolute atomic E-state index is 9.87. The summed E-state index contributed by atoms with van der Waals surface area (Å²) in [5, 5.41) is 19.6. The molecular formula is C21H24N4O. The number of fused-ring (bicyclic) bond motifs is 3. The molecule has 26 heavy (non-hydrogen) atoms. The van der Waals surface area contributed by atoms with Crippen molar-refractivity contribution in [3.8, 4) is 23.1 Å². The number of phenolic OH excluding ortho intramolecular Hbond substituents is 1. The summed E-state index contributed by atoms with van der Waals surface area (Å²) in [5.41, 5.74) is 11.9. The number of phenols is 1. The van der Waals surface area contributed by atoms with Gasteiger partial charge in [0.05, 0.1) is 11.3 Å². The average Bonchev–Trinajstić information content (AvgIpc) is 2.98. The van der Waals surface area contributed by atoms with Gasteiger partial charge in [-0.2, -0.15) is 5.26 Å². The number of aromatic nitrogens is 1. The quantitative estimate of drug-likeness (QED) is 0.741. The van der Waals surface area contributed by atoms with Gasteiger partial charge in [0, 0.05) is 18.0 Å². The van der Waals surface area contributed by atoms with E-state index in [0.29, 0.717) is 23.3 Å². The lowest BCUT2D eigenvalue weighted by molar-refractivity contribution is 0.171. The summed E-state index contributed by atoms with van der Waals surface area (Å²) in [6.07, 6.45) is 2.82. The monoisotopic (exact) mass is 348 g/mol. The predicted molar refractivity (Wildman–Crippen MR) is 102 cm³/mol. The largest absolute Gasteiger partial charge is 0.508 e. The molecule has 1 saturated heterocycles. The van der Waals surface area contributed by atoms with Gasteiger partial charge in [0.2, 0.25) is 0 Å². The number of aromatic hydroxyl groups is 1. The van der Waals surface area contributed by atoms with Crippen molar-refractivity contribution in [1.29, 1.82) is 5.26 Å². The van der Waals surface area contributed by atoms with Crippen LogP contribution in [0.1, 0.15) is 54.9 Å². The van der Waals surface area contributed by atoms with E-state index in [2.05, 4.69) is 29.8 Å². The first kappa shape index (κ1) is 16.9. The molecule has 5 heteroatoms. The van der Waals surface area contributed by atoms with Crippen LogP contribution >= 0.6 is 0 Å². The molecule has 1 aliphatic carbocycles. The number of rotatable bonds is 2. The molecule has 1 aromatic carbocycles. The Morgan fingerprint density at radius 2 is 2.04 bits per heavy atom. The first-order valence-corrected chi connectivity index (χ1v) is 9.28. The van der Waals surface area contributed by atoms with E-state index in [1.165, 1.54) is 0 Å². The molecule has 3 N–H and O–H groups in total. The Labute approximate surface area is 154 Å². The molecular weight excluding hydrogens is 324 g/mol. The first-order chi connectivity index (χ1) is 12.5. The van der Waals surface area contributed by atoms with E-state index in [4.69, 9.17) is 5.73 Å². The summed E-state index contributed by atoms with van der Waals surface area (Å²) in [7, 11) is 0. The van der Waals surface area contributed by atoms with Crippen LogP contribution in [0.5, 0.6) is 5.75 Å². The molecule has 0 unspecified atom stereocenters. The second kappa shape index (κ2) is 6.30. The highest BCUT2D eigenvalue weighted by atomic mass is 16.3. The van der Waals surface area contributed by atoms with Crippen LogP contribution in [0.4, 0.5) is 5.82 Å². The van der Waals surface area contributed by atoms with Gasteiger partial charge in [-0.1, -0.05) is 6.07 Å². The van der Waals surface area contributed by atoms with Crippen LogP contribution in [0.2, 0.25) is 0 Å². The number of benzene rings is 1. The topological polar surface area (TPSA) is 86.2 Å². The lowest BCUT2D eigenvalue weighted by atomic mass is 9.83. The number of hydrogen-bond acceptors (Lipinski definition) is 5. The smallest absolute Gasteiger partial charge is 0.142 e. The molecule has 0 atom stereocenters. The Kier molecular flexibility index (Phi) is 4.08. The minimum absolute atomic E-state index is 0.230. The number of nitrogen functional groups attached to an aromatic ring is 1. The fourth-order valence-corrected chi connectivity index (χ4v) is 4.46. The van der Waals surface area contributed by atoms with Gasteiger partial charge in [-0.15, -0.1) is 0 Å². The molecule has 0 spiro atoms. The molecule has 134 valence electrons. The van der Waals surface area contributed by atoms with Gasteiger partial charge >= 0.3 is 0 Å². The molecule has 1 fully saturated rings. The summed E-state index contributed by atoms with van der Waals surface area (Å²) in [5.74, 6) is 0.874. The normalized spacial score (nSPS) is 17.2. The third kappa shape index (κ3) is 2.62. The first-order valence-electron chi connectivity index (χ1n) is 9.28. The Morgan fingerprint density at radius 3 is 2.69 bits per heavy atom. The maximum Gasteiger partial charge on any atom is 0.142 e. The summed E-state index contributed by atoms with van der Waals surface area (Å²) in [6.45, 7) is 6.54. The Bertz CT molecular complexity index is 905. The van der Waals surface area contributed by atoms with Crippen LogP contribution in [-0.2, 0) is 6.42 Å². The van der Waals surface area contributed by atoms with Gasteiger partial charge in [-0.3, -0.25) is 0 Å². The maximum atomic E-state index is 9.87. The van der Waals surface area contributed by atoms with Gasteiger partial charge in [-0.05, 0) is 74.5 Å². The van der Waals surface area contributed by atoms with E-state index < -0.39 is 0 Å². The van der Waals surface area contributed by atoms with Crippen LogP contribution < -0.4 is 5.73 Å². The zero-order valence-corrected chi connectivity index (χ0v) is 15.3. The standard InChI is InChI=1S/C21H24N4O/c1-12(2)25-7-5-13(6-8-25)19-17-9-14-3-4-15(26)10-16(14)20(17)24-21(23)18(19)11-22/h3-4,10,12-13,26H,5-9H2,1-2H3,(H2,23,24). The number of likely N-dealkylation sites (tertiary alicyclic amines) is 1. The van der Waals surface area contributed by atoms with Crippen LogP contribution in [0.3, 0.4) is 0 Å². The van der Waals surface area contributed by atoms with Crippen molar-refractivity contribution in [2.75, 3.05) is 18.8 Å². The summed E-state index contributed by atoms with van der Waals surface area (Å²) < 4.78 is 0. The highest BCUT2D eigenvalue weighted by Gasteiger charge is 2.32. The molecule has 1 aromatic heterocycles. The van der Waals surface area contributed by atoms with E-state index in [9.17, 15) is 10.4 Å². The van der Waals surface area contributed by atoms with E-state index in [1.54, 1.807) is 12.1 Å². The second-order valence-electron chi connectivity index (χ2n) is 7.65. The molecule has 5 nitrogen and oxygen atoms in total. The molecule has 0 amide bonds. The molecule has 1 aliphatic heterocycles. The summed E-state index contributed by atoms with van der Waals surface area (Å²) in [6, 6.07) is 8.27. The van der Waals surface area contributed by atoms with Crippen LogP contribution in [0.15, 0.2) is 18.2 Å². The molecule has 0 saturated carbocycles. The third-order valence-electron chi connectivity index (χ3n) is 5.86. The lowest BCUT2D eigenvalue weighted by Gasteiger charge is -2.35. The molecule has 0 bridgehead atoms. The zero-order chi connectivity index (χ0) is 18.4. The van der Waals surface area contributed by atoms with Gasteiger partial charge in [-0.25, -0.2) is 4.98 Å². The highest BCUT2D eigenvalue weighted by Crippen LogP contribution is 2.45. The van der Waals surface area contributed by atoms with Crippen molar-refractivity contribution < 1.29 is 5.11 Å². The van der Waals surface area contributed by atoms with Crippen LogP contribution in [0, 0.1) is 11.3 Å². The Hall–Kier alpha value is -2.58. The van der Waals surface area contributed by atoms with Crippen LogP contribution in [0.25, 0.3) is 11.3 Å². The van der Waals surface area contributed by atoms with Crippen LogP contribution in [-0.4, -0.2) is 34.1 Å². The van der Waals surface area contributed by atoms with Crippen molar-refractivity contribution in [1.82, 2.24) is 9.88 Å². The molecule has 4 rings (SSSR count). The summed E-state index contributed by atoms with van der Waals surface area (Å²) in [4.78, 5) is 7.03. The van der Waals surface area contributed by atoms with E-state index in [-0.39, 0.29) is 5.75 Å². The van der Waals surface area contributed by atoms with Crippen molar-refractivity contribution in [3.05, 3.63) is 40.5 Å². The molecule has 0 radical (unpaired) electrons. The van der Waals surface area contributed by atoms with Crippen molar-refractivity contribution in [3.63, 3.8) is 0 Å². The zero-order valence-electron chi connectivity index (χ0n) is 15.3. The number of anilines is 1. The molecule has 2 heterocycles. The molecule has 2 aromatic rings. The number of nitriles is 1. The van der Waals surface area contributed by atoms with Gasteiger partial charge < -0.3 is 15.7 Å². The number of piperidine rings is 1. The van der Waals surface area contributed by atoms with Gasteiger partial charge in [0.15, 0.2) is 0 Å². The molecule has 2 aliphatic rings. The lowest BCUT2D eigenvalue weighted by Crippen LogP contribution is -2.38. The van der Waals surface area contributed by atoms with E-state index in [1.807, 2.05) is 6.07 Å². The Balaban J connectivity index is 1.80.